The van der Waals surface area contributed by atoms with E-state index in [1.807, 2.05) is 22.6 Å². The highest BCUT2D eigenvalue weighted by molar-refractivity contribution is 14.1. The van der Waals surface area contributed by atoms with Crippen molar-refractivity contribution < 1.29 is 28.2 Å². The fourth-order valence-electron chi connectivity index (χ4n) is 3.36. The predicted octanol–water partition coefficient (Wildman–Crippen LogP) is 5.21. The maximum Gasteiger partial charge on any atom is 0.333 e. The molecule has 1 aliphatic rings. The third-order valence-electron chi connectivity index (χ3n) is 5.00. The molecule has 2 N–H and O–H groups in total. The number of methoxy groups -OCH3 is 1. The van der Waals surface area contributed by atoms with Crippen LogP contribution in [0.15, 0.2) is 66.4 Å². The Morgan fingerprint density at radius 2 is 1.83 bits per heavy atom. The normalized spacial score (nSPS) is 14.1. The highest BCUT2D eigenvalue weighted by Gasteiger charge is 2.34. The van der Waals surface area contributed by atoms with Crippen molar-refractivity contribution in [3.63, 3.8) is 0 Å². The number of rotatable bonds is 7. The first-order valence-electron chi connectivity index (χ1n) is 10.4. The van der Waals surface area contributed by atoms with Gasteiger partial charge in [0.2, 0.25) is 0 Å². The Kier molecular flexibility index (Phi) is 7.75. The van der Waals surface area contributed by atoms with Crippen LogP contribution < -0.4 is 25.0 Å². The van der Waals surface area contributed by atoms with Crippen LogP contribution in [0.5, 0.6) is 11.5 Å². The third-order valence-corrected chi connectivity index (χ3v) is 6.05. The molecule has 4 amide bonds. The molecule has 1 fully saturated rings. The van der Waals surface area contributed by atoms with E-state index < -0.39 is 23.7 Å². The second-order valence-corrected chi connectivity index (χ2v) is 9.08. The molecule has 0 aliphatic carbocycles. The molecular weight excluding hydrogens is 604 g/mol. The van der Waals surface area contributed by atoms with Crippen molar-refractivity contribution in [2.75, 3.05) is 23.9 Å². The van der Waals surface area contributed by atoms with Crippen LogP contribution in [0, 0.1) is 9.39 Å². The minimum Gasteiger partial charge on any atom is -0.493 e. The number of ether oxygens (including phenoxy) is 2. The Labute approximate surface area is 224 Å². The van der Waals surface area contributed by atoms with Gasteiger partial charge >= 0.3 is 6.03 Å². The molecule has 11 heteroatoms. The molecule has 0 atom stereocenters. The molecule has 1 saturated heterocycles. The molecule has 0 radical (unpaired) electrons. The van der Waals surface area contributed by atoms with Crippen LogP contribution in [0.2, 0.25) is 5.02 Å². The van der Waals surface area contributed by atoms with Crippen molar-refractivity contribution in [1.82, 2.24) is 5.32 Å². The Hall–Kier alpha value is -3.64. The topological polar surface area (TPSA) is 97.0 Å². The van der Waals surface area contributed by atoms with E-state index in [9.17, 15) is 18.8 Å². The highest BCUT2D eigenvalue weighted by atomic mass is 127. The average molecular weight is 622 g/mol. The zero-order valence-corrected chi connectivity index (χ0v) is 21.6. The minimum absolute atomic E-state index is 0.0835. The number of amides is 4. The number of carbonyl (C=O) groups is 3. The van der Waals surface area contributed by atoms with Crippen molar-refractivity contribution in [3.8, 4) is 11.5 Å². The van der Waals surface area contributed by atoms with Gasteiger partial charge in [0.1, 0.15) is 11.5 Å². The van der Waals surface area contributed by atoms with Crippen LogP contribution in [0.3, 0.4) is 0 Å². The first kappa shape index (κ1) is 25.5. The number of anilines is 2. The zero-order valence-electron chi connectivity index (χ0n) is 18.7. The summed E-state index contributed by atoms with van der Waals surface area (Å²) < 4.78 is 24.7. The smallest absolute Gasteiger partial charge is 0.333 e. The Morgan fingerprint density at radius 1 is 1.14 bits per heavy atom. The fraction of sp³-hybridized carbons (Fsp3) is 0.0800. The van der Waals surface area contributed by atoms with Crippen molar-refractivity contribution in [3.05, 3.63) is 86.3 Å². The van der Waals surface area contributed by atoms with Gasteiger partial charge in [-0.05, 0) is 94.9 Å². The maximum atomic E-state index is 13.0. The lowest BCUT2D eigenvalue weighted by atomic mass is 10.1. The van der Waals surface area contributed by atoms with E-state index in [1.54, 1.807) is 36.4 Å². The van der Waals surface area contributed by atoms with Gasteiger partial charge in [0, 0.05) is 10.7 Å². The van der Waals surface area contributed by atoms with Gasteiger partial charge in [-0.25, -0.2) is 14.1 Å². The van der Waals surface area contributed by atoms with Gasteiger partial charge in [-0.1, -0.05) is 11.6 Å². The summed E-state index contributed by atoms with van der Waals surface area (Å²) in [4.78, 5) is 38.6. The lowest BCUT2D eigenvalue weighted by Crippen LogP contribution is -2.30. The molecule has 0 spiro atoms. The average Bonchev–Trinajstić information content (AvgIpc) is 3.12. The molecular formula is C25H18ClFIN3O5. The lowest BCUT2D eigenvalue weighted by molar-refractivity contribution is -0.118. The number of halogens is 3. The molecule has 1 aliphatic heterocycles. The molecule has 0 unspecified atom stereocenters. The number of nitrogens with one attached hydrogen (secondary N) is 2. The SMILES string of the molecule is COc1cc(/C=C2/NC(=O)N(c3ccc(Cl)cc3)C2=O)cc(I)c1OCC(=O)Nc1ccc(F)cc1. The molecule has 0 aromatic heterocycles. The van der Waals surface area contributed by atoms with Crippen molar-refractivity contribution in [2.45, 2.75) is 0 Å². The van der Waals surface area contributed by atoms with Gasteiger partial charge in [0.25, 0.3) is 11.8 Å². The van der Waals surface area contributed by atoms with Gasteiger partial charge in [-0.15, -0.1) is 0 Å². The quantitative estimate of drug-likeness (QED) is 0.215. The van der Waals surface area contributed by atoms with E-state index in [0.717, 1.165) is 4.90 Å². The molecule has 0 bridgehead atoms. The maximum absolute atomic E-state index is 13.0. The monoisotopic (exact) mass is 621 g/mol. The van der Waals surface area contributed by atoms with Crippen molar-refractivity contribution >= 4 is 69.5 Å². The molecule has 4 rings (SSSR count). The third kappa shape index (κ3) is 5.77. The highest BCUT2D eigenvalue weighted by Crippen LogP contribution is 2.35. The first-order valence-corrected chi connectivity index (χ1v) is 11.9. The van der Waals surface area contributed by atoms with Gasteiger partial charge < -0.3 is 20.1 Å². The second kappa shape index (κ2) is 11.0. The Bertz CT molecular complexity index is 1360. The summed E-state index contributed by atoms with van der Waals surface area (Å²) in [6.07, 6.45) is 1.52. The second-order valence-electron chi connectivity index (χ2n) is 7.48. The van der Waals surface area contributed by atoms with Gasteiger partial charge in [-0.2, -0.15) is 0 Å². The van der Waals surface area contributed by atoms with Crippen LogP contribution in [0.4, 0.5) is 20.6 Å². The number of hydrogen-bond acceptors (Lipinski definition) is 5. The Morgan fingerprint density at radius 3 is 2.50 bits per heavy atom. The number of nitrogens with zero attached hydrogens (tertiary/aromatic N) is 1. The van der Waals surface area contributed by atoms with Crippen LogP contribution in [0.25, 0.3) is 6.08 Å². The molecule has 3 aromatic carbocycles. The van der Waals surface area contributed by atoms with E-state index in [-0.39, 0.29) is 12.3 Å². The molecule has 36 heavy (non-hydrogen) atoms. The molecule has 1 heterocycles. The van der Waals surface area contributed by atoms with Crippen molar-refractivity contribution in [2.24, 2.45) is 0 Å². The molecule has 3 aromatic rings. The van der Waals surface area contributed by atoms with Crippen LogP contribution in [-0.2, 0) is 9.59 Å². The summed E-state index contributed by atoms with van der Waals surface area (Å²) in [5.41, 5.74) is 1.48. The number of imide groups is 1. The first-order chi connectivity index (χ1) is 17.2. The number of benzene rings is 3. The Balaban J connectivity index is 1.49. The van der Waals surface area contributed by atoms with Gasteiger partial charge in [0.05, 0.1) is 16.4 Å². The zero-order chi connectivity index (χ0) is 25.8. The van der Waals surface area contributed by atoms with Gasteiger partial charge in [0.15, 0.2) is 18.1 Å². The fourth-order valence-corrected chi connectivity index (χ4v) is 4.26. The van der Waals surface area contributed by atoms with E-state index in [0.29, 0.717) is 37.0 Å². The number of carbonyl (C=O) groups excluding carboxylic acids is 3. The number of urea groups is 1. The molecule has 0 saturated carbocycles. The summed E-state index contributed by atoms with van der Waals surface area (Å²) in [5, 5.41) is 5.67. The summed E-state index contributed by atoms with van der Waals surface area (Å²) in [5.74, 6) is -0.704. The summed E-state index contributed by atoms with van der Waals surface area (Å²) in [7, 11) is 1.44. The summed E-state index contributed by atoms with van der Waals surface area (Å²) in [6.45, 7) is -0.311. The standard InChI is InChI=1S/C25H18ClFIN3O5/c1-35-21-12-14(11-20-24(33)31(25(34)30-20)18-8-2-15(26)3-9-18)10-19(28)23(21)36-13-22(32)29-17-6-4-16(27)5-7-17/h2-12H,13H2,1H3,(H,29,32)(H,30,34)/b20-11+. The van der Waals surface area contributed by atoms with E-state index in [1.165, 1.54) is 37.5 Å². The van der Waals surface area contributed by atoms with E-state index >= 15 is 0 Å². The molecule has 184 valence electrons. The van der Waals surface area contributed by atoms with Crippen LogP contribution in [0.1, 0.15) is 5.56 Å². The van der Waals surface area contributed by atoms with Gasteiger partial charge in [-0.3, -0.25) is 9.59 Å². The summed E-state index contributed by atoms with van der Waals surface area (Å²) >= 11 is 7.91. The van der Waals surface area contributed by atoms with E-state index in [2.05, 4.69) is 10.6 Å². The van der Waals surface area contributed by atoms with Crippen molar-refractivity contribution in [1.29, 1.82) is 0 Å². The largest absolute Gasteiger partial charge is 0.493 e. The summed E-state index contributed by atoms with van der Waals surface area (Å²) in [6, 6.07) is 14.4. The van der Waals surface area contributed by atoms with Crippen LogP contribution >= 0.6 is 34.2 Å². The lowest BCUT2D eigenvalue weighted by Gasteiger charge is -2.14. The van der Waals surface area contributed by atoms with Crippen LogP contribution in [-0.4, -0.2) is 31.6 Å². The number of hydrogen-bond donors (Lipinski definition) is 2. The van der Waals surface area contributed by atoms with E-state index in [4.69, 9.17) is 21.1 Å². The molecule has 8 nitrogen and oxygen atoms in total. The minimum atomic E-state index is -0.581. The predicted molar refractivity (Wildman–Crippen MR) is 142 cm³/mol.